The first-order valence-electron chi connectivity index (χ1n) is 8.42. The Balaban J connectivity index is 1.55. The van der Waals surface area contributed by atoms with Crippen molar-refractivity contribution in [1.82, 2.24) is 9.96 Å². The number of hydroxylamine groups is 2. The van der Waals surface area contributed by atoms with Crippen LogP contribution >= 0.6 is 0 Å². The van der Waals surface area contributed by atoms with Gasteiger partial charge in [0.05, 0.1) is 5.92 Å². The van der Waals surface area contributed by atoms with Crippen molar-refractivity contribution < 1.29 is 14.0 Å². The van der Waals surface area contributed by atoms with E-state index in [2.05, 4.69) is 4.90 Å². The molecule has 4 nitrogen and oxygen atoms in total. The molecule has 0 N–H and O–H groups in total. The topological polar surface area (TPSA) is 32.8 Å². The molecule has 2 fully saturated rings. The molecule has 1 aliphatic heterocycles. The molecule has 0 aromatic heterocycles. The molecule has 0 spiro atoms. The molecule has 1 aromatic carbocycles. The molecular formula is C18H25FN2O2. The van der Waals surface area contributed by atoms with Crippen LogP contribution in [-0.2, 0) is 16.2 Å². The lowest BCUT2D eigenvalue weighted by molar-refractivity contribution is -0.187. The number of hydrogen-bond donors (Lipinski definition) is 0. The zero-order valence-electron chi connectivity index (χ0n) is 13.9. The average Bonchev–Trinajstić information content (AvgIpc) is 2.92. The van der Waals surface area contributed by atoms with Crippen molar-refractivity contribution in [3.63, 3.8) is 0 Å². The molecule has 3 rings (SSSR count). The van der Waals surface area contributed by atoms with Gasteiger partial charge in [0, 0.05) is 26.2 Å². The fraction of sp³-hybridized carbons (Fsp3) is 0.611. The summed E-state index contributed by atoms with van der Waals surface area (Å²) in [4.78, 5) is 19.2. The largest absolute Gasteiger partial charge is 0.368 e. The minimum Gasteiger partial charge on any atom is -0.368 e. The molecular weight excluding hydrogens is 295 g/mol. The highest BCUT2D eigenvalue weighted by atomic mass is 19.1. The molecule has 5 heteroatoms. The third-order valence-corrected chi connectivity index (χ3v) is 4.89. The Morgan fingerprint density at radius 3 is 2.61 bits per heavy atom. The summed E-state index contributed by atoms with van der Waals surface area (Å²) in [5.74, 6) is -0.0918. The Bertz CT molecular complexity index is 564. The van der Waals surface area contributed by atoms with E-state index in [1.165, 1.54) is 17.9 Å². The molecule has 1 heterocycles. The molecule has 0 bridgehead atoms. The molecule has 0 unspecified atom stereocenters. The van der Waals surface area contributed by atoms with E-state index < -0.39 is 0 Å². The minimum absolute atomic E-state index is 0.0604. The molecule has 2 aliphatic rings. The number of rotatable bonds is 5. The Morgan fingerprint density at radius 2 is 2.00 bits per heavy atom. The average molecular weight is 320 g/mol. The summed E-state index contributed by atoms with van der Waals surface area (Å²) in [5.41, 5.74) is 1.78. The highest BCUT2D eigenvalue weighted by Gasteiger charge is 2.37. The Hall–Kier alpha value is -1.46. The fourth-order valence-electron chi connectivity index (χ4n) is 3.46. The van der Waals surface area contributed by atoms with E-state index in [0.29, 0.717) is 6.54 Å². The van der Waals surface area contributed by atoms with Gasteiger partial charge in [-0.3, -0.25) is 9.69 Å². The van der Waals surface area contributed by atoms with Crippen molar-refractivity contribution in [3.8, 4) is 0 Å². The van der Waals surface area contributed by atoms with Crippen molar-refractivity contribution in [2.45, 2.75) is 38.1 Å². The van der Waals surface area contributed by atoms with Gasteiger partial charge in [-0.2, -0.15) is 0 Å². The second kappa shape index (κ2) is 6.97. The van der Waals surface area contributed by atoms with E-state index in [1.807, 2.05) is 12.1 Å². The number of halogens is 1. The summed E-state index contributed by atoms with van der Waals surface area (Å²) in [6.45, 7) is 2.84. The van der Waals surface area contributed by atoms with Crippen molar-refractivity contribution in [3.05, 3.63) is 35.1 Å². The number of carbonyl (C=O) groups is 1. The van der Waals surface area contributed by atoms with Gasteiger partial charge in [-0.15, -0.1) is 5.06 Å². The predicted octanol–water partition coefficient (Wildman–Crippen LogP) is 2.93. The summed E-state index contributed by atoms with van der Waals surface area (Å²) in [6, 6.07) is 5.59. The number of carbonyl (C=O) groups excluding carboxylic acids is 1. The van der Waals surface area contributed by atoms with Crippen LogP contribution in [0, 0.1) is 11.7 Å². The monoisotopic (exact) mass is 320 g/mol. The second-order valence-corrected chi connectivity index (χ2v) is 6.92. The number of likely N-dealkylation sites (tertiary alicyclic amines) is 1. The van der Waals surface area contributed by atoms with Gasteiger partial charge in [0.2, 0.25) is 0 Å². The van der Waals surface area contributed by atoms with Crippen LogP contribution in [-0.4, -0.2) is 43.1 Å². The fourth-order valence-corrected chi connectivity index (χ4v) is 3.46. The molecule has 1 saturated carbocycles. The van der Waals surface area contributed by atoms with Gasteiger partial charge in [-0.05, 0) is 56.3 Å². The maximum absolute atomic E-state index is 14.3. The van der Waals surface area contributed by atoms with Gasteiger partial charge in [-0.25, -0.2) is 4.39 Å². The zero-order chi connectivity index (χ0) is 16.4. The molecule has 0 amide bonds. The first kappa shape index (κ1) is 16.4. The number of hydrogen-bond acceptors (Lipinski definition) is 4. The highest BCUT2D eigenvalue weighted by molar-refractivity contribution is 5.73. The lowest BCUT2D eigenvalue weighted by Crippen LogP contribution is -2.33. The lowest BCUT2D eigenvalue weighted by Gasteiger charge is -2.34. The lowest BCUT2D eigenvalue weighted by atomic mass is 9.71. The van der Waals surface area contributed by atoms with E-state index in [1.54, 1.807) is 20.2 Å². The Morgan fingerprint density at radius 1 is 1.30 bits per heavy atom. The Kier molecular flexibility index (Phi) is 4.97. The summed E-state index contributed by atoms with van der Waals surface area (Å²) in [5, 5.41) is 1.42. The Labute approximate surface area is 137 Å². The van der Waals surface area contributed by atoms with Crippen LogP contribution in [0.15, 0.2) is 18.2 Å². The number of nitrogens with zero attached hydrogens (tertiary/aromatic N) is 2. The van der Waals surface area contributed by atoms with Crippen molar-refractivity contribution in [2.75, 3.05) is 27.2 Å². The smallest absolute Gasteiger partial charge is 0.328 e. The summed E-state index contributed by atoms with van der Waals surface area (Å²) in [6.07, 6.45) is 3.92. The van der Waals surface area contributed by atoms with Crippen LogP contribution in [0.5, 0.6) is 0 Å². The van der Waals surface area contributed by atoms with Gasteiger partial charge in [0.1, 0.15) is 5.82 Å². The van der Waals surface area contributed by atoms with E-state index in [0.717, 1.165) is 37.1 Å². The van der Waals surface area contributed by atoms with E-state index >= 15 is 0 Å². The molecule has 1 aromatic rings. The first-order valence-corrected chi connectivity index (χ1v) is 8.42. The molecule has 23 heavy (non-hydrogen) atoms. The standard InChI is InChI=1S/C18H25FN2O2/c1-20(2)23-18(22)16-9-15(10-16)13-5-6-14(17(19)11-13)12-21-7-3-4-8-21/h5-6,11,15-16H,3-4,7-10,12H2,1-2H3. The van der Waals surface area contributed by atoms with Crippen LogP contribution in [0.1, 0.15) is 42.7 Å². The third-order valence-electron chi connectivity index (χ3n) is 4.89. The third kappa shape index (κ3) is 3.90. The van der Waals surface area contributed by atoms with Crippen LogP contribution < -0.4 is 0 Å². The van der Waals surface area contributed by atoms with Crippen LogP contribution in [0.4, 0.5) is 4.39 Å². The first-order chi connectivity index (χ1) is 11.0. The molecule has 0 atom stereocenters. The molecule has 1 saturated heterocycles. The predicted molar refractivity (Wildman–Crippen MR) is 86.2 cm³/mol. The van der Waals surface area contributed by atoms with Crippen molar-refractivity contribution in [1.29, 1.82) is 0 Å². The van der Waals surface area contributed by atoms with Crippen molar-refractivity contribution in [2.24, 2.45) is 5.92 Å². The normalized spacial score (nSPS) is 24.7. The van der Waals surface area contributed by atoms with E-state index in [-0.39, 0.29) is 23.6 Å². The van der Waals surface area contributed by atoms with Crippen molar-refractivity contribution >= 4 is 5.97 Å². The van der Waals surface area contributed by atoms with E-state index in [4.69, 9.17) is 4.84 Å². The van der Waals surface area contributed by atoms with Crippen LogP contribution in [0.2, 0.25) is 0 Å². The molecule has 0 radical (unpaired) electrons. The van der Waals surface area contributed by atoms with Gasteiger partial charge < -0.3 is 4.84 Å². The SMILES string of the molecule is CN(C)OC(=O)C1CC(c2ccc(CN3CCCC3)c(F)c2)C1. The number of benzene rings is 1. The highest BCUT2D eigenvalue weighted by Crippen LogP contribution is 2.42. The maximum atomic E-state index is 14.3. The van der Waals surface area contributed by atoms with E-state index in [9.17, 15) is 9.18 Å². The maximum Gasteiger partial charge on any atom is 0.328 e. The summed E-state index contributed by atoms with van der Waals surface area (Å²) < 4.78 is 14.3. The summed E-state index contributed by atoms with van der Waals surface area (Å²) in [7, 11) is 3.39. The van der Waals surface area contributed by atoms with Crippen LogP contribution in [0.25, 0.3) is 0 Å². The van der Waals surface area contributed by atoms with Gasteiger partial charge >= 0.3 is 5.97 Å². The zero-order valence-corrected chi connectivity index (χ0v) is 13.9. The van der Waals surface area contributed by atoms with Crippen LogP contribution in [0.3, 0.4) is 0 Å². The molecule has 1 aliphatic carbocycles. The summed E-state index contributed by atoms with van der Waals surface area (Å²) >= 11 is 0. The van der Waals surface area contributed by atoms with Gasteiger partial charge in [0.15, 0.2) is 0 Å². The minimum atomic E-state index is -0.183. The van der Waals surface area contributed by atoms with Gasteiger partial charge in [0.25, 0.3) is 0 Å². The second-order valence-electron chi connectivity index (χ2n) is 6.92. The quantitative estimate of drug-likeness (QED) is 0.781. The molecule has 126 valence electrons. The van der Waals surface area contributed by atoms with Gasteiger partial charge in [-0.1, -0.05) is 12.1 Å².